The lowest BCUT2D eigenvalue weighted by Crippen LogP contribution is -2.45. The van der Waals surface area contributed by atoms with Crippen LogP contribution in [0.3, 0.4) is 0 Å². The van der Waals surface area contributed by atoms with E-state index in [1.165, 1.54) is 22.7 Å². The number of fused-ring (bicyclic) bond motifs is 6. The molecule has 1 aromatic carbocycles. The van der Waals surface area contributed by atoms with Gasteiger partial charge in [-0.3, -0.25) is 0 Å². The average molecular weight is 683 g/mol. The Labute approximate surface area is 283 Å². The number of morpholine rings is 1. The molecule has 10 nitrogen and oxygen atoms in total. The van der Waals surface area contributed by atoms with Crippen LogP contribution in [-0.4, -0.2) is 76.4 Å². The molecule has 2 aliphatic rings. The minimum Gasteiger partial charge on any atom is -0.476 e. The summed E-state index contributed by atoms with van der Waals surface area (Å²) >= 11 is 1.35. The maximum absolute atomic E-state index is 13.4. The molecule has 14 heteroatoms. The molecule has 0 spiro atoms. The number of rotatable bonds is 6. The molecule has 0 aliphatic carbocycles. The van der Waals surface area contributed by atoms with Gasteiger partial charge in [0.25, 0.3) is 0 Å². The highest BCUT2D eigenvalue weighted by molar-refractivity contribution is 8.00. The third kappa shape index (κ3) is 8.39. The number of pyridine rings is 1. The van der Waals surface area contributed by atoms with E-state index in [0.717, 1.165) is 94.1 Å². The van der Waals surface area contributed by atoms with E-state index < -0.39 is 18.2 Å². The van der Waals surface area contributed by atoms with Crippen LogP contribution >= 0.6 is 11.9 Å². The minimum absolute atomic E-state index is 0.0722. The quantitative estimate of drug-likeness (QED) is 0.213. The summed E-state index contributed by atoms with van der Waals surface area (Å²) in [6, 6.07) is 15.7. The first-order chi connectivity index (χ1) is 23.2. The predicted molar refractivity (Wildman–Crippen MR) is 181 cm³/mol. The van der Waals surface area contributed by atoms with Crippen molar-refractivity contribution in [1.29, 1.82) is 0 Å². The van der Waals surface area contributed by atoms with Crippen LogP contribution in [0, 0.1) is 5.41 Å². The molecule has 4 bridgehead atoms. The summed E-state index contributed by atoms with van der Waals surface area (Å²) in [7, 11) is 0. The van der Waals surface area contributed by atoms with E-state index in [1.54, 1.807) is 12.4 Å². The number of nitrogens with one attached hydrogen (secondary N) is 2. The van der Waals surface area contributed by atoms with E-state index >= 15 is 0 Å². The number of benzene rings is 1. The zero-order valence-electron chi connectivity index (χ0n) is 27.2. The van der Waals surface area contributed by atoms with Crippen molar-refractivity contribution in [3.63, 3.8) is 0 Å². The molecule has 256 valence electrons. The van der Waals surface area contributed by atoms with Crippen molar-refractivity contribution in [3.05, 3.63) is 66.5 Å². The van der Waals surface area contributed by atoms with Gasteiger partial charge in [0.1, 0.15) is 23.1 Å². The van der Waals surface area contributed by atoms with Gasteiger partial charge in [0.05, 0.1) is 24.3 Å². The molecule has 5 heterocycles. The van der Waals surface area contributed by atoms with Crippen molar-refractivity contribution in [3.8, 4) is 23.0 Å². The van der Waals surface area contributed by atoms with E-state index in [9.17, 15) is 13.2 Å². The molecule has 2 N–H and O–H groups in total. The average Bonchev–Trinajstić information content (AvgIpc) is 3.56. The predicted octanol–water partition coefficient (Wildman–Crippen LogP) is 6.72. The standard InChI is InChI=1S/C34H41F3N8O2S/c1-33(2,34(35,36)37)23-47-29-15-18-45(42-29)32-31-26-12-7-6-11-24(26)10-5-3-4-8-17-44(22-25-20-38-16-19-46-25)28-13-9-14-30(41-28)48-43-27(40-31)21-39-32/h6-7,9,11-15,18,21,25,38H,3-5,8,10,16-17,19-20,22-23H2,1-2H3,(H,40,43). The number of nitrogens with zero attached hydrogens (tertiary/aromatic N) is 6. The van der Waals surface area contributed by atoms with Crippen LogP contribution in [0.4, 0.5) is 24.8 Å². The first kappa shape index (κ1) is 34.0. The van der Waals surface area contributed by atoms with Gasteiger partial charge in [0.15, 0.2) is 11.6 Å². The molecular weight excluding hydrogens is 641 g/mol. The molecule has 48 heavy (non-hydrogen) atoms. The zero-order chi connectivity index (χ0) is 33.6. The number of ether oxygens (including phenoxy) is 2. The fraction of sp³-hybridized carbons (Fsp3) is 0.471. The highest BCUT2D eigenvalue weighted by Crippen LogP contribution is 2.38. The first-order valence-corrected chi connectivity index (χ1v) is 17.2. The summed E-state index contributed by atoms with van der Waals surface area (Å²) in [4.78, 5) is 17.0. The Hall–Kier alpha value is -3.88. The summed E-state index contributed by atoms with van der Waals surface area (Å²) in [6.45, 7) is 5.72. The number of hydrogen-bond donors (Lipinski definition) is 2. The summed E-state index contributed by atoms with van der Waals surface area (Å²) in [5.74, 6) is 1.95. The fourth-order valence-electron chi connectivity index (χ4n) is 5.58. The van der Waals surface area contributed by atoms with Gasteiger partial charge in [0, 0.05) is 56.0 Å². The van der Waals surface area contributed by atoms with Crippen LogP contribution < -0.4 is 19.7 Å². The lowest BCUT2D eigenvalue weighted by Gasteiger charge is -2.31. The maximum Gasteiger partial charge on any atom is 0.397 e. The van der Waals surface area contributed by atoms with Gasteiger partial charge in [-0.1, -0.05) is 43.2 Å². The van der Waals surface area contributed by atoms with Gasteiger partial charge in [-0.05, 0) is 50.8 Å². The van der Waals surface area contributed by atoms with Crippen molar-refractivity contribution >= 4 is 23.6 Å². The lowest BCUT2D eigenvalue weighted by atomic mass is 9.94. The maximum atomic E-state index is 13.4. The molecule has 0 saturated carbocycles. The molecule has 1 unspecified atom stereocenters. The molecule has 1 saturated heterocycles. The second kappa shape index (κ2) is 15.1. The summed E-state index contributed by atoms with van der Waals surface area (Å²) in [5, 5.41) is 8.64. The molecular formula is C34H41F3N8O2S. The Bertz CT molecular complexity index is 1660. The molecule has 1 fully saturated rings. The van der Waals surface area contributed by atoms with Crippen LogP contribution in [0.25, 0.3) is 17.1 Å². The zero-order valence-corrected chi connectivity index (χ0v) is 28.0. The van der Waals surface area contributed by atoms with E-state index in [1.807, 2.05) is 36.4 Å². The molecule has 2 aliphatic heterocycles. The Morgan fingerprint density at radius 2 is 1.88 bits per heavy atom. The Kier molecular flexibility index (Phi) is 10.7. The van der Waals surface area contributed by atoms with Crippen LogP contribution in [-0.2, 0) is 11.2 Å². The smallest absolute Gasteiger partial charge is 0.397 e. The van der Waals surface area contributed by atoms with Crippen molar-refractivity contribution in [1.82, 2.24) is 30.0 Å². The van der Waals surface area contributed by atoms with Gasteiger partial charge >= 0.3 is 6.18 Å². The molecule has 4 aromatic rings. The van der Waals surface area contributed by atoms with Gasteiger partial charge in [-0.15, -0.1) is 5.10 Å². The van der Waals surface area contributed by atoms with Crippen molar-refractivity contribution in [2.24, 2.45) is 5.41 Å². The number of aryl methyl sites for hydroxylation is 1. The molecule has 6 rings (SSSR count). The van der Waals surface area contributed by atoms with Crippen molar-refractivity contribution in [2.45, 2.75) is 63.3 Å². The lowest BCUT2D eigenvalue weighted by molar-refractivity contribution is -0.219. The third-order valence-corrected chi connectivity index (χ3v) is 9.25. The van der Waals surface area contributed by atoms with Crippen LogP contribution in [0.5, 0.6) is 5.88 Å². The van der Waals surface area contributed by atoms with Gasteiger partial charge in [-0.2, -0.15) is 13.2 Å². The van der Waals surface area contributed by atoms with E-state index in [4.69, 9.17) is 24.4 Å². The monoisotopic (exact) mass is 682 g/mol. The largest absolute Gasteiger partial charge is 0.476 e. The van der Waals surface area contributed by atoms with E-state index in [0.29, 0.717) is 23.9 Å². The van der Waals surface area contributed by atoms with Crippen LogP contribution in [0.1, 0.15) is 45.1 Å². The number of hydrogen-bond acceptors (Lipinski definition) is 10. The van der Waals surface area contributed by atoms with Crippen molar-refractivity contribution in [2.75, 3.05) is 49.0 Å². The molecule has 0 amide bonds. The normalized spacial score (nSPS) is 18.0. The van der Waals surface area contributed by atoms with Crippen LogP contribution in [0.2, 0.25) is 0 Å². The minimum atomic E-state index is -4.41. The second-order valence-corrected chi connectivity index (χ2v) is 13.5. The number of anilines is 2. The van der Waals surface area contributed by atoms with Gasteiger partial charge < -0.3 is 24.4 Å². The Morgan fingerprint density at radius 1 is 1.02 bits per heavy atom. The van der Waals surface area contributed by atoms with E-state index in [2.05, 4.69) is 26.1 Å². The summed E-state index contributed by atoms with van der Waals surface area (Å²) in [6.07, 6.45) is 4.00. The highest BCUT2D eigenvalue weighted by Gasteiger charge is 2.48. The number of aromatic nitrogens is 5. The van der Waals surface area contributed by atoms with Crippen molar-refractivity contribution < 1.29 is 22.6 Å². The summed E-state index contributed by atoms with van der Waals surface area (Å²) in [5.41, 5.74) is 0.620. The summed E-state index contributed by atoms with van der Waals surface area (Å²) < 4.78 is 56.5. The van der Waals surface area contributed by atoms with Gasteiger partial charge in [-0.25, -0.2) is 19.6 Å². The highest BCUT2D eigenvalue weighted by atomic mass is 32.2. The third-order valence-electron chi connectivity index (χ3n) is 8.50. The molecule has 0 radical (unpaired) electrons. The SMILES string of the molecule is CC(C)(COc1ccn(-c2ncc3nc2-c2ccccc2CCCCCCN(CC2CNCCO2)c2cccc(n2)SN3)n1)C(F)(F)F. The number of alkyl halides is 3. The molecule has 1 atom stereocenters. The van der Waals surface area contributed by atoms with E-state index in [-0.39, 0.29) is 12.0 Å². The second-order valence-electron chi connectivity index (χ2n) is 12.7. The number of halogens is 3. The Morgan fingerprint density at radius 3 is 2.71 bits per heavy atom. The Balaban J connectivity index is 1.29. The first-order valence-electron chi connectivity index (χ1n) is 16.3. The topological polar surface area (TPSA) is 102 Å². The fourth-order valence-corrected chi connectivity index (χ4v) is 6.18. The molecule has 3 aromatic heterocycles. The van der Waals surface area contributed by atoms with Crippen LogP contribution in [0.15, 0.2) is 66.0 Å². The van der Waals surface area contributed by atoms with Gasteiger partial charge in [0.2, 0.25) is 5.88 Å².